The largest absolute Gasteiger partial charge is 0.508 e. The van der Waals surface area contributed by atoms with Crippen molar-refractivity contribution in [2.75, 3.05) is 20.0 Å². The maximum absolute atomic E-state index is 12.6. The lowest BCUT2D eigenvalue weighted by molar-refractivity contribution is 0.101. The van der Waals surface area contributed by atoms with Crippen LogP contribution in [-0.2, 0) is 0 Å². The first-order valence-corrected chi connectivity index (χ1v) is 8.56. The first kappa shape index (κ1) is 17.7. The van der Waals surface area contributed by atoms with Gasteiger partial charge in [-0.25, -0.2) is 0 Å². The Morgan fingerprint density at radius 1 is 1.15 bits per heavy atom. The van der Waals surface area contributed by atoms with Crippen molar-refractivity contribution in [3.05, 3.63) is 48.0 Å². The Labute approximate surface area is 153 Å². The zero-order chi connectivity index (χ0) is 18.5. The highest BCUT2D eigenvalue weighted by molar-refractivity contribution is 7.99. The third-order valence-corrected chi connectivity index (χ3v) is 4.50. The highest BCUT2D eigenvalue weighted by Crippen LogP contribution is 2.27. The standard InChI is InChI=1S/C17H16N4O4S/c1-24-13-7-8-14(16(9-13)25-2)15(23)10-26-17-18-19-20-21(17)11-3-5-12(22)6-4-11/h3-9,22H,10H2,1-2H3. The van der Waals surface area contributed by atoms with Crippen LogP contribution in [0.25, 0.3) is 5.69 Å². The number of aromatic hydroxyl groups is 1. The lowest BCUT2D eigenvalue weighted by Crippen LogP contribution is -2.07. The molecule has 0 amide bonds. The van der Waals surface area contributed by atoms with Gasteiger partial charge < -0.3 is 14.6 Å². The van der Waals surface area contributed by atoms with E-state index < -0.39 is 0 Å². The molecular weight excluding hydrogens is 356 g/mol. The molecule has 0 aliphatic carbocycles. The number of carbonyl (C=O) groups is 1. The summed E-state index contributed by atoms with van der Waals surface area (Å²) in [6.07, 6.45) is 0. The number of aromatic nitrogens is 4. The Hall–Kier alpha value is -3.07. The van der Waals surface area contributed by atoms with Gasteiger partial charge in [0.25, 0.3) is 0 Å². The summed E-state index contributed by atoms with van der Waals surface area (Å²) >= 11 is 1.21. The highest BCUT2D eigenvalue weighted by atomic mass is 32.2. The van der Waals surface area contributed by atoms with E-state index in [0.717, 1.165) is 0 Å². The molecule has 0 atom stereocenters. The molecule has 9 heteroatoms. The second-order valence-corrected chi connectivity index (χ2v) is 6.11. The minimum absolute atomic E-state index is 0.116. The van der Waals surface area contributed by atoms with Crippen molar-refractivity contribution in [1.29, 1.82) is 0 Å². The number of thioether (sulfide) groups is 1. The number of methoxy groups -OCH3 is 2. The van der Waals surface area contributed by atoms with Crippen LogP contribution in [0.3, 0.4) is 0 Å². The van der Waals surface area contributed by atoms with Gasteiger partial charge in [-0.2, -0.15) is 4.68 Å². The smallest absolute Gasteiger partial charge is 0.214 e. The molecule has 3 aromatic rings. The van der Waals surface area contributed by atoms with E-state index in [4.69, 9.17) is 9.47 Å². The fourth-order valence-corrected chi connectivity index (χ4v) is 3.04. The fraction of sp³-hybridized carbons (Fsp3) is 0.176. The summed E-state index contributed by atoms with van der Waals surface area (Å²) in [4.78, 5) is 12.6. The number of ether oxygens (including phenoxy) is 2. The van der Waals surface area contributed by atoms with Gasteiger partial charge in [0.15, 0.2) is 5.78 Å². The Kier molecular flexibility index (Phi) is 5.37. The molecule has 134 valence electrons. The number of phenolic OH excluding ortho intramolecular Hbond substituents is 1. The van der Waals surface area contributed by atoms with Gasteiger partial charge >= 0.3 is 0 Å². The summed E-state index contributed by atoms with van der Waals surface area (Å²) in [6.45, 7) is 0. The molecule has 0 saturated heterocycles. The maximum Gasteiger partial charge on any atom is 0.214 e. The number of nitrogens with zero attached hydrogens (tertiary/aromatic N) is 4. The lowest BCUT2D eigenvalue weighted by Gasteiger charge is -2.09. The molecular formula is C17H16N4O4S. The number of carbonyl (C=O) groups excluding carboxylic acids is 1. The number of phenols is 1. The first-order chi connectivity index (χ1) is 12.6. The second-order valence-electron chi connectivity index (χ2n) is 5.17. The van der Waals surface area contributed by atoms with E-state index in [1.165, 1.54) is 23.6 Å². The molecule has 1 aromatic heterocycles. The fourth-order valence-electron chi connectivity index (χ4n) is 2.26. The van der Waals surface area contributed by atoms with Crippen molar-refractivity contribution in [2.24, 2.45) is 0 Å². The zero-order valence-corrected chi connectivity index (χ0v) is 14.9. The van der Waals surface area contributed by atoms with Crippen LogP contribution in [-0.4, -0.2) is 51.1 Å². The van der Waals surface area contributed by atoms with E-state index in [1.54, 1.807) is 49.6 Å². The molecule has 26 heavy (non-hydrogen) atoms. The molecule has 0 fully saturated rings. The summed E-state index contributed by atoms with van der Waals surface area (Å²) < 4.78 is 11.9. The average molecular weight is 372 g/mol. The van der Waals surface area contributed by atoms with Crippen LogP contribution < -0.4 is 9.47 Å². The Balaban J connectivity index is 1.75. The second kappa shape index (κ2) is 7.87. The third kappa shape index (κ3) is 3.77. The number of ketones is 1. The van der Waals surface area contributed by atoms with Crippen LogP contribution in [0.4, 0.5) is 0 Å². The number of benzene rings is 2. The van der Waals surface area contributed by atoms with Crippen molar-refractivity contribution in [2.45, 2.75) is 5.16 Å². The van der Waals surface area contributed by atoms with E-state index in [2.05, 4.69) is 15.5 Å². The van der Waals surface area contributed by atoms with Crippen LogP contribution in [0.15, 0.2) is 47.6 Å². The van der Waals surface area contributed by atoms with Crippen molar-refractivity contribution in [3.8, 4) is 22.9 Å². The van der Waals surface area contributed by atoms with E-state index in [9.17, 15) is 9.90 Å². The van der Waals surface area contributed by atoms with Gasteiger partial charge in [0.1, 0.15) is 17.2 Å². The van der Waals surface area contributed by atoms with Gasteiger partial charge in [-0.15, -0.1) is 5.10 Å². The van der Waals surface area contributed by atoms with Crippen molar-refractivity contribution >= 4 is 17.5 Å². The topological polar surface area (TPSA) is 99.4 Å². The average Bonchev–Trinajstić information content (AvgIpc) is 3.14. The molecule has 0 spiro atoms. The van der Waals surface area contributed by atoms with Gasteiger partial charge in [0.2, 0.25) is 5.16 Å². The number of hydrogen-bond donors (Lipinski definition) is 1. The molecule has 0 bridgehead atoms. The highest BCUT2D eigenvalue weighted by Gasteiger charge is 2.16. The molecule has 3 rings (SSSR count). The summed E-state index contributed by atoms with van der Waals surface area (Å²) in [5, 5.41) is 21.4. The molecule has 0 aliphatic heterocycles. The third-order valence-electron chi connectivity index (χ3n) is 3.58. The van der Waals surface area contributed by atoms with Crippen molar-refractivity contribution in [3.63, 3.8) is 0 Å². The van der Waals surface area contributed by atoms with Crippen LogP contribution >= 0.6 is 11.8 Å². The van der Waals surface area contributed by atoms with Crippen LogP contribution in [0.5, 0.6) is 17.2 Å². The van der Waals surface area contributed by atoms with Gasteiger partial charge in [0.05, 0.1) is 31.2 Å². The van der Waals surface area contributed by atoms with Gasteiger partial charge in [0, 0.05) is 6.07 Å². The van der Waals surface area contributed by atoms with Gasteiger partial charge in [-0.1, -0.05) is 11.8 Å². The Morgan fingerprint density at radius 3 is 2.62 bits per heavy atom. The summed E-state index contributed by atoms with van der Waals surface area (Å²) in [6, 6.07) is 11.5. The molecule has 0 saturated carbocycles. The number of rotatable bonds is 7. The SMILES string of the molecule is COc1ccc(C(=O)CSc2nnnn2-c2ccc(O)cc2)c(OC)c1. The summed E-state index contributed by atoms with van der Waals surface area (Å²) in [5.74, 6) is 1.24. The summed E-state index contributed by atoms with van der Waals surface area (Å²) in [7, 11) is 3.05. The Bertz CT molecular complexity index is 911. The minimum Gasteiger partial charge on any atom is -0.508 e. The van der Waals surface area contributed by atoms with Gasteiger partial charge in [-0.3, -0.25) is 4.79 Å². The van der Waals surface area contributed by atoms with Gasteiger partial charge in [-0.05, 0) is 46.8 Å². The predicted molar refractivity (Wildman–Crippen MR) is 95.4 cm³/mol. The number of hydrogen-bond acceptors (Lipinski definition) is 8. The molecule has 1 heterocycles. The Morgan fingerprint density at radius 2 is 1.92 bits per heavy atom. The normalized spacial score (nSPS) is 10.5. The molecule has 1 N–H and O–H groups in total. The monoisotopic (exact) mass is 372 g/mol. The quantitative estimate of drug-likeness (QED) is 0.498. The van der Waals surface area contributed by atoms with E-state index >= 15 is 0 Å². The summed E-state index contributed by atoms with van der Waals surface area (Å²) in [5.41, 5.74) is 1.15. The lowest BCUT2D eigenvalue weighted by atomic mass is 10.1. The van der Waals surface area contributed by atoms with Crippen molar-refractivity contribution < 1.29 is 19.4 Å². The molecule has 2 aromatic carbocycles. The predicted octanol–water partition coefficient (Wildman–Crippen LogP) is 2.36. The van der Waals surface area contributed by atoms with E-state index in [-0.39, 0.29) is 17.3 Å². The molecule has 0 radical (unpaired) electrons. The zero-order valence-electron chi connectivity index (χ0n) is 14.1. The van der Waals surface area contributed by atoms with E-state index in [0.29, 0.717) is 27.9 Å². The molecule has 0 aliphatic rings. The number of Topliss-reactive ketones (excluding diaryl/α,β-unsaturated/α-hetero) is 1. The van der Waals surface area contributed by atoms with Crippen LogP contribution in [0, 0.1) is 0 Å². The van der Waals surface area contributed by atoms with Crippen LogP contribution in [0.1, 0.15) is 10.4 Å². The number of tetrazole rings is 1. The van der Waals surface area contributed by atoms with Crippen molar-refractivity contribution in [1.82, 2.24) is 20.2 Å². The van der Waals surface area contributed by atoms with Crippen LogP contribution in [0.2, 0.25) is 0 Å². The van der Waals surface area contributed by atoms with E-state index in [1.807, 2.05) is 0 Å². The molecule has 8 nitrogen and oxygen atoms in total. The molecule has 0 unspecified atom stereocenters. The maximum atomic E-state index is 12.6. The first-order valence-electron chi connectivity index (χ1n) is 7.58. The minimum atomic E-state index is -0.116.